The van der Waals surface area contributed by atoms with Crippen molar-refractivity contribution in [1.82, 2.24) is 9.71 Å². The summed E-state index contributed by atoms with van der Waals surface area (Å²) in [5, 5.41) is 0.987. The number of anilines is 1. The molecule has 1 unspecified atom stereocenters. The molecule has 0 fully saturated rings. The van der Waals surface area contributed by atoms with E-state index in [-0.39, 0.29) is 11.3 Å². The van der Waals surface area contributed by atoms with Crippen LogP contribution in [0.2, 0.25) is 0 Å². The number of nitrogens with one attached hydrogen (secondary N) is 1. The zero-order valence-corrected chi connectivity index (χ0v) is 12.7. The summed E-state index contributed by atoms with van der Waals surface area (Å²) in [6, 6.07) is 1.53. The Morgan fingerprint density at radius 3 is 2.67 bits per heavy atom. The molecule has 1 amide bonds. The molecule has 1 rings (SSSR count). The number of pyridine rings is 1. The van der Waals surface area contributed by atoms with Crippen LogP contribution in [-0.2, 0) is 14.5 Å². The highest BCUT2D eigenvalue weighted by molar-refractivity contribution is 14.1. The molecule has 0 aliphatic rings. The standard InChI is InChI=1S/C10H12IN3O3S/c1-6(15)5-18(2,17)14-10(16)7-3-8(11)9(12)13-4-7/h3-5H,1-2H3,(H2,12,13)(H,14,16,17). The summed E-state index contributed by atoms with van der Waals surface area (Å²) in [7, 11) is -2.84. The van der Waals surface area contributed by atoms with Gasteiger partial charge in [0.15, 0.2) is 5.78 Å². The predicted molar refractivity (Wildman–Crippen MR) is 79.6 cm³/mol. The first-order chi connectivity index (χ1) is 8.21. The molecule has 1 heterocycles. The van der Waals surface area contributed by atoms with Gasteiger partial charge in [0.1, 0.15) is 5.82 Å². The lowest BCUT2D eigenvalue weighted by Crippen LogP contribution is -2.32. The van der Waals surface area contributed by atoms with Gasteiger partial charge in [-0.15, -0.1) is 0 Å². The van der Waals surface area contributed by atoms with Gasteiger partial charge in [0.2, 0.25) is 0 Å². The number of halogens is 1. The maximum Gasteiger partial charge on any atom is 0.264 e. The third-order valence-corrected chi connectivity index (χ3v) is 4.05. The Morgan fingerprint density at radius 1 is 1.56 bits per heavy atom. The van der Waals surface area contributed by atoms with Crippen molar-refractivity contribution in [1.29, 1.82) is 0 Å². The number of Topliss-reactive ketones (excluding diaryl/α,β-unsaturated/α-hetero) is 1. The van der Waals surface area contributed by atoms with Crippen LogP contribution in [0.3, 0.4) is 0 Å². The van der Waals surface area contributed by atoms with Crippen molar-refractivity contribution in [2.24, 2.45) is 0 Å². The molecule has 1 aromatic heterocycles. The summed E-state index contributed by atoms with van der Waals surface area (Å²) >= 11 is 1.94. The summed E-state index contributed by atoms with van der Waals surface area (Å²) in [6.07, 6.45) is 2.57. The number of rotatable bonds is 3. The fraction of sp³-hybridized carbons (Fsp3) is 0.200. The van der Waals surface area contributed by atoms with Crippen molar-refractivity contribution in [3.63, 3.8) is 0 Å². The Kier molecular flexibility index (Phi) is 4.68. The minimum absolute atomic E-state index is 0.236. The molecule has 1 atom stereocenters. The van der Waals surface area contributed by atoms with Crippen LogP contribution in [0.4, 0.5) is 5.82 Å². The highest BCUT2D eigenvalue weighted by Crippen LogP contribution is 2.13. The second-order valence-electron chi connectivity index (χ2n) is 3.65. The van der Waals surface area contributed by atoms with Crippen molar-refractivity contribution < 1.29 is 13.8 Å². The molecule has 0 bridgehead atoms. The largest absolute Gasteiger partial charge is 0.383 e. The van der Waals surface area contributed by atoms with Crippen molar-refractivity contribution in [3.8, 4) is 0 Å². The second kappa shape index (κ2) is 5.65. The molecule has 0 spiro atoms. The molecule has 18 heavy (non-hydrogen) atoms. The number of aromatic nitrogens is 1. The van der Waals surface area contributed by atoms with E-state index in [1.807, 2.05) is 22.6 Å². The van der Waals surface area contributed by atoms with Gasteiger partial charge in [-0.3, -0.25) is 14.3 Å². The van der Waals surface area contributed by atoms with Crippen LogP contribution >= 0.6 is 22.6 Å². The maximum atomic E-state index is 11.9. The Bertz CT molecular complexity index is 621. The minimum atomic E-state index is -2.84. The Balaban J connectivity index is 3.00. The first-order valence-electron chi connectivity index (χ1n) is 4.79. The fourth-order valence-electron chi connectivity index (χ4n) is 1.16. The van der Waals surface area contributed by atoms with E-state index < -0.39 is 15.6 Å². The van der Waals surface area contributed by atoms with E-state index in [0.29, 0.717) is 9.39 Å². The molecule has 8 heteroatoms. The van der Waals surface area contributed by atoms with Gasteiger partial charge in [0, 0.05) is 12.5 Å². The first-order valence-corrected chi connectivity index (χ1v) is 7.90. The lowest BCUT2D eigenvalue weighted by molar-refractivity contribution is -0.110. The molecule has 0 aliphatic carbocycles. The summed E-state index contributed by atoms with van der Waals surface area (Å²) in [5.74, 6) is -0.613. The van der Waals surface area contributed by atoms with Crippen molar-refractivity contribution in [2.75, 3.05) is 12.0 Å². The molecule has 0 aliphatic heterocycles. The van der Waals surface area contributed by atoms with Crippen molar-refractivity contribution in [2.45, 2.75) is 6.92 Å². The van der Waals surface area contributed by atoms with E-state index in [0.717, 1.165) is 5.37 Å². The molecule has 0 radical (unpaired) electrons. The number of nitrogens with zero attached hydrogens (tertiary/aromatic N) is 1. The summed E-state index contributed by atoms with van der Waals surface area (Å²) in [5.41, 5.74) is 5.76. The second-order valence-corrected chi connectivity index (χ2v) is 7.06. The summed E-state index contributed by atoms with van der Waals surface area (Å²) < 4.78 is 14.8. The summed E-state index contributed by atoms with van der Waals surface area (Å²) in [4.78, 5) is 26.5. The van der Waals surface area contributed by atoms with Crippen molar-refractivity contribution in [3.05, 3.63) is 21.4 Å². The predicted octanol–water partition coefficient (Wildman–Crippen LogP) is 0.219. The minimum Gasteiger partial charge on any atom is -0.383 e. The molecule has 0 saturated heterocycles. The van der Waals surface area contributed by atoms with Gasteiger partial charge in [-0.05, 0) is 35.6 Å². The van der Waals surface area contributed by atoms with Gasteiger partial charge < -0.3 is 5.73 Å². The molecule has 98 valence electrons. The zero-order chi connectivity index (χ0) is 13.9. The van der Waals surface area contributed by atoms with Gasteiger partial charge in [-0.25, -0.2) is 9.19 Å². The molecule has 1 aromatic rings. The molecule has 0 saturated carbocycles. The van der Waals surface area contributed by atoms with Crippen LogP contribution in [0.5, 0.6) is 0 Å². The van der Waals surface area contributed by atoms with Crippen LogP contribution in [0, 0.1) is 3.57 Å². The number of ketones is 1. The number of carbonyl (C=O) groups is 2. The molecule has 0 aromatic carbocycles. The zero-order valence-electron chi connectivity index (χ0n) is 9.77. The van der Waals surface area contributed by atoms with Crippen LogP contribution in [0.1, 0.15) is 17.3 Å². The van der Waals surface area contributed by atoms with Crippen LogP contribution < -0.4 is 10.5 Å². The molecule has 3 N–H and O–H groups in total. The fourth-order valence-corrected chi connectivity index (χ4v) is 2.81. The van der Waals surface area contributed by atoms with Gasteiger partial charge in [-0.2, -0.15) is 0 Å². The molecular weight excluding hydrogens is 369 g/mol. The van der Waals surface area contributed by atoms with Crippen molar-refractivity contribution >= 4 is 55.2 Å². The van der Waals surface area contributed by atoms with Crippen LogP contribution in [0.15, 0.2) is 12.3 Å². The Hall–Kier alpha value is -1.16. The van der Waals surface area contributed by atoms with E-state index in [1.165, 1.54) is 25.4 Å². The molecular formula is C10H12IN3O3S. The van der Waals surface area contributed by atoms with E-state index in [9.17, 15) is 13.8 Å². The van der Waals surface area contributed by atoms with E-state index >= 15 is 0 Å². The lowest BCUT2D eigenvalue weighted by Gasteiger charge is -2.08. The van der Waals surface area contributed by atoms with E-state index in [2.05, 4.69) is 9.71 Å². The number of nitrogens with two attached hydrogens (primary N) is 1. The smallest absolute Gasteiger partial charge is 0.264 e. The Morgan fingerprint density at radius 2 is 2.17 bits per heavy atom. The maximum absolute atomic E-state index is 11.9. The van der Waals surface area contributed by atoms with E-state index in [1.54, 1.807) is 0 Å². The normalized spacial score (nSPS) is 13.5. The quantitative estimate of drug-likeness (QED) is 0.576. The number of carbonyl (C=O) groups excluding carboxylic acids is 2. The topological polar surface area (TPSA) is 102 Å². The third kappa shape index (κ3) is 4.26. The highest BCUT2D eigenvalue weighted by atomic mass is 127. The Labute approximate surface area is 119 Å². The average Bonchev–Trinajstić information content (AvgIpc) is 2.19. The monoisotopic (exact) mass is 381 g/mol. The SMILES string of the molecule is CC(=O)C=S(C)(=O)NC(=O)c1cnc(N)c(I)c1. The molecule has 6 nitrogen and oxygen atoms in total. The van der Waals surface area contributed by atoms with Crippen LogP contribution in [0.25, 0.3) is 0 Å². The van der Waals surface area contributed by atoms with E-state index in [4.69, 9.17) is 5.73 Å². The van der Waals surface area contributed by atoms with Gasteiger partial charge in [0.05, 0.1) is 24.2 Å². The number of hydrogen-bond acceptors (Lipinski definition) is 5. The van der Waals surface area contributed by atoms with Gasteiger partial charge >= 0.3 is 0 Å². The third-order valence-electron chi connectivity index (χ3n) is 1.82. The summed E-state index contributed by atoms with van der Waals surface area (Å²) in [6.45, 7) is 1.27. The van der Waals surface area contributed by atoms with Crippen LogP contribution in [-0.4, -0.2) is 32.5 Å². The first kappa shape index (κ1) is 14.9. The van der Waals surface area contributed by atoms with Gasteiger partial charge in [0.25, 0.3) is 5.91 Å². The number of hydrogen-bond donors (Lipinski definition) is 2. The lowest BCUT2D eigenvalue weighted by atomic mass is 10.3. The number of nitrogen functional groups attached to an aromatic ring is 1. The van der Waals surface area contributed by atoms with Gasteiger partial charge in [-0.1, -0.05) is 0 Å². The number of amides is 1. The average molecular weight is 381 g/mol. The highest BCUT2D eigenvalue weighted by Gasteiger charge is 2.12.